The van der Waals surface area contributed by atoms with Crippen molar-refractivity contribution in [2.45, 2.75) is 45.3 Å². The van der Waals surface area contributed by atoms with Gasteiger partial charge < -0.3 is 15.7 Å². The molecule has 0 radical (unpaired) electrons. The molecule has 0 bridgehead atoms. The highest BCUT2D eigenvalue weighted by Gasteiger charge is 2.36. The minimum Gasteiger partial charge on any atom is -0.417 e. The van der Waals surface area contributed by atoms with Crippen LogP contribution in [0.5, 0.6) is 0 Å². The molecule has 0 fully saturated rings. The molecular formula is C9H25NO2Si. The topological polar surface area (TPSA) is 64.5 Å². The summed E-state index contributed by atoms with van der Waals surface area (Å²) in [5.41, 5.74) is 0. The van der Waals surface area contributed by atoms with E-state index in [2.05, 4.69) is 33.9 Å². The molecule has 0 unspecified atom stereocenters. The van der Waals surface area contributed by atoms with E-state index in [0.29, 0.717) is 6.61 Å². The molecule has 0 rings (SSSR count). The normalized spacial score (nSPS) is 12.5. The van der Waals surface area contributed by atoms with E-state index in [0.717, 1.165) is 6.42 Å². The maximum absolute atomic E-state index is 8.60. The van der Waals surface area contributed by atoms with Gasteiger partial charge >= 0.3 is 0 Å². The third kappa shape index (κ3) is 5.41. The van der Waals surface area contributed by atoms with Gasteiger partial charge in [0.1, 0.15) is 0 Å². The molecule has 0 saturated heterocycles. The summed E-state index contributed by atoms with van der Waals surface area (Å²) in [5, 5.41) is 8.88. The third-order valence-electron chi connectivity index (χ3n) is 2.57. The van der Waals surface area contributed by atoms with Crippen molar-refractivity contribution < 1.29 is 9.53 Å². The molecule has 0 aromatic carbocycles. The maximum atomic E-state index is 8.60. The van der Waals surface area contributed by atoms with Crippen LogP contribution in [0.1, 0.15) is 27.2 Å². The number of rotatable bonds is 4. The quantitative estimate of drug-likeness (QED) is 0.550. The van der Waals surface area contributed by atoms with E-state index in [9.17, 15) is 0 Å². The highest BCUT2D eigenvalue weighted by Crippen LogP contribution is 2.36. The summed E-state index contributed by atoms with van der Waals surface area (Å²) in [6, 6.07) is 0. The van der Waals surface area contributed by atoms with Crippen LogP contribution in [0.25, 0.3) is 0 Å². The molecule has 0 aliphatic carbocycles. The molecule has 82 valence electrons. The summed E-state index contributed by atoms with van der Waals surface area (Å²) in [6.45, 7) is 12.0. The Kier molecular flexibility index (Phi) is 6.88. The van der Waals surface area contributed by atoms with Crippen molar-refractivity contribution in [2.24, 2.45) is 0 Å². The number of hydrogen-bond donors (Lipinski definition) is 2. The molecule has 0 spiro atoms. The monoisotopic (exact) mass is 207 g/mol. The second kappa shape index (κ2) is 5.75. The van der Waals surface area contributed by atoms with Crippen molar-refractivity contribution in [1.29, 1.82) is 0 Å². The zero-order chi connectivity index (χ0) is 9.83. The molecule has 4 N–H and O–H groups in total. The van der Waals surface area contributed by atoms with Gasteiger partial charge in [-0.25, -0.2) is 0 Å². The fraction of sp³-hybridized carbons (Fsp3) is 1.00. The van der Waals surface area contributed by atoms with Crippen LogP contribution >= 0.6 is 0 Å². The number of aliphatic hydroxyl groups is 1. The third-order valence-corrected chi connectivity index (χ3v) is 7.11. The first-order valence-electron chi connectivity index (χ1n) is 4.56. The molecule has 13 heavy (non-hydrogen) atoms. The van der Waals surface area contributed by atoms with Gasteiger partial charge in [-0.15, -0.1) is 0 Å². The Bertz CT molecular complexity index is 132. The van der Waals surface area contributed by atoms with Crippen LogP contribution in [0.2, 0.25) is 18.1 Å². The molecule has 0 amide bonds. The van der Waals surface area contributed by atoms with Crippen molar-refractivity contribution >= 4 is 8.32 Å². The molecule has 3 nitrogen and oxygen atoms in total. The van der Waals surface area contributed by atoms with E-state index < -0.39 is 8.32 Å². The van der Waals surface area contributed by atoms with Gasteiger partial charge in [0.15, 0.2) is 8.32 Å². The molecule has 4 heteroatoms. The molecule has 0 aliphatic rings. The van der Waals surface area contributed by atoms with E-state index >= 15 is 0 Å². The number of hydrogen-bond acceptors (Lipinski definition) is 3. The second-order valence-corrected chi connectivity index (χ2v) is 9.50. The van der Waals surface area contributed by atoms with Crippen LogP contribution < -0.4 is 6.15 Å². The number of aliphatic hydroxyl groups excluding tert-OH is 1. The molecule has 0 aromatic rings. The van der Waals surface area contributed by atoms with E-state index in [1.165, 1.54) is 0 Å². The Hall–Kier alpha value is 0.0969. The zero-order valence-corrected chi connectivity index (χ0v) is 10.7. The Balaban J connectivity index is 0. The highest BCUT2D eigenvalue weighted by atomic mass is 28.4. The lowest BCUT2D eigenvalue weighted by molar-refractivity contribution is 0.222. The predicted octanol–water partition coefficient (Wildman–Crippen LogP) is 2.55. The van der Waals surface area contributed by atoms with Crippen molar-refractivity contribution in [3.63, 3.8) is 0 Å². The van der Waals surface area contributed by atoms with Gasteiger partial charge in [0.25, 0.3) is 0 Å². The lowest BCUT2D eigenvalue weighted by Crippen LogP contribution is -2.41. The first kappa shape index (κ1) is 15.6. The summed E-state index contributed by atoms with van der Waals surface area (Å²) in [7, 11) is -1.55. The smallest absolute Gasteiger partial charge is 0.191 e. The van der Waals surface area contributed by atoms with Gasteiger partial charge in [-0.05, 0) is 24.6 Å². The summed E-state index contributed by atoms with van der Waals surface area (Å²) in [6.07, 6.45) is 0.756. The summed E-state index contributed by atoms with van der Waals surface area (Å²) in [4.78, 5) is 0. The minimum atomic E-state index is -1.55. The molecule has 0 aromatic heterocycles. The Morgan fingerprint density at radius 1 is 1.23 bits per heavy atom. The maximum Gasteiger partial charge on any atom is 0.191 e. The van der Waals surface area contributed by atoms with Crippen molar-refractivity contribution in [3.8, 4) is 0 Å². The molecule has 0 heterocycles. The van der Waals surface area contributed by atoms with Crippen molar-refractivity contribution in [3.05, 3.63) is 0 Å². The lowest BCUT2D eigenvalue weighted by Gasteiger charge is -2.36. The van der Waals surface area contributed by atoms with E-state index in [4.69, 9.17) is 9.53 Å². The zero-order valence-electron chi connectivity index (χ0n) is 9.68. The highest BCUT2D eigenvalue weighted by molar-refractivity contribution is 6.74. The van der Waals surface area contributed by atoms with Crippen LogP contribution in [-0.4, -0.2) is 26.6 Å². The van der Waals surface area contributed by atoms with Crippen LogP contribution in [0, 0.1) is 0 Å². The lowest BCUT2D eigenvalue weighted by atomic mass is 10.2. The first-order chi connectivity index (χ1) is 5.31. The van der Waals surface area contributed by atoms with E-state index in [1.54, 1.807) is 0 Å². The molecule has 0 atom stereocenters. The molecule has 0 saturated carbocycles. The molecule has 0 aliphatic heterocycles. The van der Waals surface area contributed by atoms with Gasteiger partial charge in [0.05, 0.1) is 0 Å². The second-order valence-electron chi connectivity index (χ2n) is 4.69. The van der Waals surface area contributed by atoms with E-state index in [1.807, 2.05) is 0 Å². The SMILES string of the molecule is CC(C)(C)[Si](C)(C)OCCCO.N. The molecular weight excluding hydrogens is 182 g/mol. The first-order valence-corrected chi connectivity index (χ1v) is 7.47. The average Bonchev–Trinajstić information content (AvgIpc) is 1.85. The van der Waals surface area contributed by atoms with Crippen LogP contribution in [-0.2, 0) is 4.43 Å². The van der Waals surface area contributed by atoms with Gasteiger partial charge in [0.2, 0.25) is 0 Å². The Labute approximate surface area is 83.2 Å². The average molecular weight is 207 g/mol. The van der Waals surface area contributed by atoms with Gasteiger partial charge in [-0.1, -0.05) is 20.8 Å². The van der Waals surface area contributed by atoms with Crippen molar-refractivity contribution in [1.82, 2.24) is 6.15 Å². The van der Waals surface area contributed by atoms with Gasteiger partial charge in [-0.3, -0.25) is 0 Å². The Morgan fingerprint density at radius 3 is 2.00 bits per heavy atom. The fourth-order valence-electron chi connectivity index (χ4n) is 0.608. The van der Waals surface area contributed by atoms with E-state index in [-0.39, 0.29) is 17.8 Å². The largest absolute Gasteiger partial charge is 0.417 e. The predicted molar refractivity (Wildman–Crippen MR) is 59.9 cm³/mol. The summed E-state index contributed by atoms with van der Waals surface area (Å²) >= 11 is 0. The summed E-state index contributed by atoms with van der Waals surface area (Å²) < 4.78 is 5.81. The van der Waals surface area contributed by atoms with Crippen LogP contribution in [0.15, 0.2) is 0 Å². The summed E-state index contributed by atoms with van der Waals surface area (Å²) in [5.74, 6) is 0. The van der Waals surface area contributed by atoms with Crippen molar-refractivity contribution in [2.75, 3.05) is 13.2 Å². The minimum absolute atomic E-state index is 0. The van der Waals surface area contributed by atoms with Gasteiger partial charge in [0, 0.05) is 13.2 Å². The van der Waals surface area contributed by atoms with Crippen LogP contribution in [0.3, 0.4) is 0 Å². The fourth-order valence-corrected chi connectivity index (χ4v) is 1.70. The van der Waals surface area contributed by atoms with Crippen LogP contribution in [0.4, 0.5) is 0 Å². The Morgan fingerprint density at radius 2 is 1.69 bits per heavy atom. The van der Waals surface area contributed by atoms with Gasteiger partial charge in [-0.2, -0.15) is 0 Å². The standard InChI is InChI=1S/C9H22O2Si.H3N/c1-9(2,3)12(4,5)11-8-6-7-10;/h10H,6-8H2,1-5H3;1H3.